The van der Waals surface area contributed by atoms with Crippen LogP contribution in [0.4, 0.5) is 0 Å². The van der Waals surface area contributed by atoms with Crippen molar-refractivity contribution in [2.75, 3.05) is 0 Å². The molecule has 1 amide bonds. The van der Waals surface area contributed by atoms with Gasteiger partial charge in [0.25, 0.3) is 0 Å². The van der Waals surface area contributed by atoms with Gasteiger partial charge >= 0.3 is 0 Å². The first-order valence-electron chi connectivity index (χ1n) is 7.33. The average Bonchev–Trinajstić information content (AvgIpc) is 2.80. The Morgan fingerprint density at radius 2 is 2.15 bits per heavy atom. The molecule has 1 heterocycles. The van der Waals surface area contributed by atoms with Crippen molar-refractivity contribution in [3.8, 4) is 6.07 Å². The highest BCUT2D eigenvalue weighted by atomic mass is 16.4. The molecule has 0 saturated heterocycles. The second kappa shape index (κ2) is 6.56. The van der Waals surface area contributed by atoms with Crippen molar-refractivity contribution in [3.63, 3.8) is 0 Å². The van der Waals surface area contributed by atoms with E-state index in [-0.39, 0.29) is 12.5 Å². The molecule has 0 radical (unpaired) electrons. The van der Waals surface area contributed by atoms with E-state index in [2.05, 4.69) is 16.4 Å². The second-order valence-electron chi connectivity index (χ2n) is 5.36. The maximum absolute atomic E-state index is 12.4. The van der Waals surface area contributed by atoms with E-state index in [0.717, 1.165) is 37.9 Å². The summed E-state index contributed by atoms with van der Waals surface area (Å²) in [6, 6.07) is 2.25. The lowest BCUT2D eigenvalue weighted by atomic mass is 9.81. The quantitative estimate of drug-likeness (QED) is 0.857. The molecule has 0 spiro atoms. The highest BCUT2D eigenvalue weighted by molar-refractivity contribution is 5.85. The lowest BCUT2D eigenvalue weighted by Gasteiger charge is -2.23. The summed E-state index contributed by atoms with van der Waals surface area (Å²) in [5.74, 6) is 1.12. The van der Waals surface area contributed by atoms with Crippen molar-refractivity contribution >= 4 is 5.91 Å². The number of carbonyl (C=O) groups is 1. The fourth-order valence-electron chi connectivity index (χ4n) is 2.64. The van der Waals surface area contributed by atoms with E-state index < -0.39 is 5.41 Å². The number of amides is 1. The van der Waals surface area contributed by atoms with Gasteiger partial charge in [-0.3, -0.25) is 4.79 Å². The van der Waals surface area contributed by atoms with E-state index in [1.165, 1.54) is 0 Å². The average molecular weight is 275 g/mol. The highest BCUT2D eigenvalue weighted by Crippen LogP contribution is 2.34. The first-order chi connectivity index (χ1) is 9.70. The molecule has 5 nitrogen and oxygen atoms in total. The van der Waals surface area contributed by atoms with Crippen molar-refractivity contribution in [3.05, 3.63) is 17.8 Å². The molecule has 1 aromatic heterocycles. The monoisotopic (exact) mass is 275 g/mol. The van der Waals surface area contributed by atoms with Gasteiger partial charge in [-0.1, -0.05) is 32.6 Å². The molecule has 0 aromatic carbocycles. The fraction of sp³-hybridized carbons (Fsp3) is 0.667. The summed E-state index contributed by atoms with van der Waals surface area (Å²) in [4.78, 5) is 16.5. The van der Waals surface area contributed by atoms with Gasteiger partial charge in [-0.2, -0.15) is 5.26 Å². The molecule has 0 bridgehead atoms. The molecular formula is C15H21N3O2. The van der Waals surface area contributed by atoms with Crippen LogP contribution in [0.3, 0.4) is 0 Å². The molecule has 1 fully saturated rings. The standard InChI is InChI=1S/C15H21N3O2/c1-2-12-9-17-13(20-12)10-18-14(19)15(11-16)7-5-3-4-6-8-15/h9H,2-8,10H2,1H3,(H,18,19). The van der Waals surface area contributed by atoms with E-state index in [9.17, 15) is 10.1 Å². The molecule has 2 rings (SSSR count). The Balaban J connectivity index is 1.97. The van der Waals surface area contributed by atoms with Gasteiger partial charge < -0.3 is 9.73 Å². The number of rotatable bonds is 4. The number of aryl methyl sites for hydroxylation is 1. The normalized spacial score (nSPS) is 18.0. The number of carbonyl (C=O) groups excluding carboxylic acids is 1. The van der Waals surface area contributed by atoms with Gasteiger partial charge in [-0.15, -0.1) is 0 Å². The maximum atomic E-state index is 12.4. The molecule has 1 aliphatic carbocycles. The second-order valence-corrected chi connectivity index (χ2v) is 5.36. The summed E-state index contributed by atoms with van der Waals surface area (Å²) in [6.45, 7) is 2.24. The molecule has 1 saturated carbocycles. The largest absolute Gasteiger partial charge is 0.444 e. The van der Waals surface area contributed by atoms with Crippen LogP contribution in [0.25, 0.3) is 0 Å². The Bertz CT molecular complexity index is 493. The third-order valence-electron chi connectivity index (χ3n) is 3.96. The number of aromatic nitrogens is 1. The molecule has 1 aliphatic rings. The number of oxazole rings is 1. The van der Waals surface area contributed by atoms with Gasteiger partial charge in [0, 0.05) is 6.42 Å². The lowest BCUT2D eigenvalue weighted by molar-refractivity contribution is -0.129. The first-order valence-corrected chi connectivity index (χ1v) is 7.33. The van der Waals surface area contributed by atoms with Crippen LogP contribution in [-0.2, 0) is 17.8 Å². The third kappa shape index (κ3) is 3.19. The Morgan fingerprint density at radius 3 is 2.70 bits per heavy atom. The number of hydrogen-bond donors (Lipinski definition) is 1. The number of hydrogen-bond acceptors (Lipinski definition) is 4. The smallest absolute Gasteiger partial charge is 0.240 e. The third-order valence-corrected chi connectivity index (χ3v) is 3.96. The van der Waals surface area contributed by atoms with Crippen molar-refractivity contribution in [1.82, 2.24) is 10.3 Å². The van der Waals surface area contributed by atoms with Crippen LogP contribution >= 0.6 is 0 Å². The molecular weight excluding hydrogens is 254 g/mol. The van der Waals surface area contributed by atoms with Gasteiger partial charge in [0.2, 0.25) is 11.8 Å². The van der Waals surface area contributed by atoms with E-state index in [0.29, 0.717) is 18.7 Å². The molecule has 1 N–H and O–H groups in total. The van der Waals surface area contributed by atoms with E-state index >= 15 is 0 Å². The zero-order chi connectivity index (χ0) is 14.4. The molecule has 0 aliphatic heterocycles. The van der Waals surface area contributed by atoms with E-state index in [4.69, 9.17) is 4.42 Å². The Labute approximate surface area is 119 Å². The summed E-state index contributed by atoms with van der Waals surface area (Å²) in [5.41, 5.74) is -0.864. The molecule has 1 aromatic rings. The van der Waals surface area contributed by atoms with Crippen molar-refractivity contribution in [1.29, 1.82) is 5.26 Å². The van der Waals surface area contributed by atoms with Gasteiger partial charge in [0.1, 0.15) is 11.2 Å². The van der Waals surface area contributed by atoms with Gasteiger partial charge in [0.05, 0.1) is 18.8 Å². The Morgan fingerprint density at radius 1 is 1.45 bits per heavy atom. The Hall–Kier alpha value is -1.83. The fourth-order valence-corrected chi connectivity index (χ4v) is 2.64. The summed E-state index contributed by atoms with van der Waals surface area (Å²) in [6.07, 6.45) is 7.87. The maximum Gasteiger partial charge on any atom is 0.240 e. The first kappa shape index (κ1) is 14.6. The number of nitriles is 1. The summed E-state index contributed by atoms with van der Waals surface area (Å²) < 4.78 is 5.45. The predicted molar refractivity (Wildman–Crippen MR) is 73.5 cm³/mol. The van der Waals surface area contributed by atoms with Crippen LogP contribution in [-0.4, -0.2) is 10.9 Å². The summed E-state index contributed by atoms with van der Waals surface area (Å²) in [7, 11) is 0. The van der Waals surface area contributed by atoms with E-state index in [1.54, 1.807) is 6.20 Å². The van der Waals surface area contributed by atoms with Crippen molar-refractivity contribution in [2.24, 2.45) is 5.41 Å². The van der Waals surface area contributed by atoms with Crippen molar-refractivity contribution in [2.45, 2.75) is 58.4 Å². The van der Waals surface area contributed by atoms with Crippen LogP contribution in [0.5, 0.6) is 0 Å². The van der Waals surface area contributed by atoms with Crippen LogP contribution in [0, 0.1) is 16.7 Å². The minimum Gasteiger partial charge on any atom is -0.444 e. The van der Waals surface area contributed by atoms with Crippen LogP contribution in [0.1, 0.15) is 57.1 Å². The van der Waals surface area contributed by atoms with Gasteiger partial charge in [0.15, 0.2) is 0 Å². The predicted octanol–water partition coefficient (Wildman–Crippen LogP) is 2.72. The minimum absolute atomic E-state index is 0.182. The molecule has 20 heavy (non-hydrogen) atoms. The van der Waals surface area contributed by atoms with Crippen LogP contribution in [0.2, 0.25) is 0 Å². The highest BCUT2D eigenvalue weighted by Gasteiger charge is 2.38. The zero-order valence-corrected chi connectivity index (χ0v) is 11.9. The Kier molecular flexibility index (Phi) is 4.78. The van der Waals surface area contributed by atoms with Crippen molar-refractivity contribution < 1.29 is 9.21 Å². The van der Waals surface area contributed by atoms with Crippen LogP contribution < -0.4 is 5.32 Å². The molecule has 5 heteroatoms. The molecule has 0 atom stereocenters. The topological polar surface area (TPSA) is 78.9 Å². The van der Waals surface area contributed by atoms with Crippen LogP contribution in [0.15, 0.2) is 10.6 Å². The molecule has 108 valence electrons. The number of nitrogens with one attached hydrogen (secondary N) is 1. The lowest BCUT2D eigenvalue weighted by Crippen LogP contribution is -2.39. The van der Waals surface area contributed by atoms with E-state index in [1.807, 2.05) is 6.92 Å². The minimum atomic E-state index is -0.864. The molecule has 0 unspecified atom stereocenters. The summed E-state index contributed by atoms with van der Waals surface area (Å²) >= 11 is 0. The number of nitrogens with zero attached hydrogens (tertiary/aromatic N) is 2. The van der Waals surface area contributed by atoms with Gasteiger partial charge in [-0.25, -0.2) is 4.98 Å². The SMILES string of the molecule is CCc1cnc(CNC(=O)C2(C#N)CCCCCC2)o1. The van der Waals surface area contributed by atoms with Gasteiger partial charge in [-0.05, 0) is 12.8 Å². The zero-order valence-electron chi connectivity index (χ0n) is 11.9. The summed E-state index contributed by atoms with van der Waals surface area (Å²) in [5, 5.41) is 12.2.